The van der Waals surface area contributed by atoms with Crippen LogP contribution in [-0.2, 0) is 37.0 Å². The minimum atomic E-state index is 0. The van der Waals surface area contributed by atoms with Crippen LogP contribution in [0.5, 0.6) is 0 Å². The largest absolute Gasteiger partial charge is 2.00 e. The molecular weight excluding hydrogens is 631 g/mol. The molecule has 0 unspecified atom stereocenters. The van der Waals surface area contributed by atoms with E-state index in [-0.39, 0.29) is 69.3 Å². The van der Waals surface area contributed by atoms with Crippen LogP contribution in [0.3, 0.4) is 0 Å². The van der Waals surface area contributed by atoms with Gasteiger partial charge in [0, 0.05) is 0 Å². The molecule has 0 nitrogen and oxygen atoms in total. The van der Waals surface area contributed by atoms with Crippen molar-refractivity contribution in [3.8, 4) is 0 Å². The molecule has 0 aliphatic heterocycles. The Morgan fingerprint density at radius 3 is 1.24 bits per heavy atom. The van der Waals surface area contributed by atoms with Gasteiger partial charge in [-0.3, -0.25) is 6.08 Å². The first-order valence-corrected chi connectivity index (χ1v) is 13.3. The molecule has 0 spiro atoms. The van der Waals surface area contributed by atoms with Crippen LogP contribution in [-0.4, -0.2) is 0 Å². The molecule has 0 fully saturated rings. The van der Waals surface area contributed by atoms with Crippen molar-refractivity contribution in [1.29, 1.82) is 0 Å². The number of hydrogen-bond donors (Lipinski definition) is 0. The van der Waals surface area contributed by atoms with E-state index < -0.39 is 0 Å². The maximum absolute atomic E-state index is 2.99. The predicted molar refractivity (Wildman–Crippen MR) is 173 cm³/mol. The van der Waals surface area contributed by atoms with E-state index in [1.54, 1.807) is 0 Å². The first kappa shape index (κ1) is 41.8. The fourth-order valence-electron chi connectivity index (χ4n) is 3.96. The quantitative estimate of drug-likeness (QED) is 0.198. The summed E-state index contributed by atoms with van der Waals surface area (Å²) < 4.78 is 0. The Hall–Kier alpha value is -2.31. The van der Waals surface area contributed by atoms with E-state index >= 15 is 0 Å². The summed E-state index contributed by atoms with van der Waals surface area (Å²) in [6, 6.07) is 41.1. The molecule has 42 heavy (non-hydrogen) atoms. The molecule has 222 valence electrons. The standard InChI is InChI=1S/C21H25.2C6H5.C5H5.CH4.2ClH.Zr/c1-20(2,3)16-9-7-14-11-15-8-10-17(21(4,5)6)13-19(15)18(14)12-16;2*1-2-4-6-5-3-1;1-2-4-5-3-1;;;;/h7-13H,1-6H3;2*1-5H;1-3H,4H2;1H4;2*1H;/q4*-1;;;;+2/p-2. The van der Waals surface area contributed by atoms with Crippen molar-refractivity contribution in [3.05, 3.63) is 151 Å². The van der Waals surface area contributed by atoms with Crippen molar-refractivity contribution in [2.24, 2.45) is 0 Å². The van der Waals surface area contributed by atoms with Gasteiger partial charge in [-0.25, -0.2) is 12.2 Å². The molecule has 0 N–H and O–H groups in total. The van der Waals surface area contributed by atoms with Gasteiger partial charge in [-0.1, -0.05) is 84.4 Å². The van der Waals surface area contributed by atoms with Gasteiger partial charge in [-0.05, 0) is 10.8 Å². The summed E-state index contributed by atoms with van der Waals surface area (Å²) in [6.45, 7) is 13.7. The van der Waals surface area contributed by atoms with E-state index in [2.05, 4.69) is 108 Å². The van der Waals surface area contributed by atoms with Crippen LogP contribution in [0, 0.1) is 18.2 Å². The van der Waals surface area contributed by atoms with Crippen LogP contribution in [0.25, 0.3) is 21.5 Å². The number of allylic oxidation sites excluding steroid dienone is 4. The topological polar surface area (TPSA) is 0 Å². The molecule has 1 aliphatic rings. The maximum Gasteiger partial charge on any atom is 2.00 e. The van der Waals surface area contributed by atoms with Crippen LogP contribution < -0.4 is 24.8 Å². The fraction of sp³-hybridized carbons (Fsp3) is 0.256. The maximum atomic E-state index is 2.99. The molecule has 0 bridgehead atoms. The second-order valence-electron chi connectivity index (χ2n) is 11.4. The van der Waals surface area contributed by atoms with Crippen molar-refractivity contribution < 1.29 is 51.0 Å². The first-order valence-electron chi connectivity index (χ1n) is 13.3. The Balaban J connectivity index is 0. The van der Waals surface area contributed by atoms with E-state index in [0.717, 1.165) is 6.42 Å². The van der Waals surface area contributed by atoms with Gasteiger partial charge in [0.05, 0.1) is 0 Å². The SMILES string of the molecule is C.CC(C)(C)c1ccc2[cH-]c3ccc(C(C)(C)C)cc3c2c1.[C-]1=CC=CC1.[Cl-].[Cl-].[Zr+2].[c-]1ccccc1.[c-]1ccccc1. The van der Waals surface area contributed by atoms with Crippen molar-refractivity contribution >= 4 is 21.5 Å². The summed E-state index contributed by atoms with van der Waals surface area (Å²) >= 11 is 0. The smallest absolute Gasteiger partial charge is 1.00 e. The molecule has 0 radical (unpaired) electrons. The molecule has 0 saturated heterocycles. The van der Waals surface area contributed by atoms with Crippen LogP contribution in [0.4, 0.5) is 0 Å². The average Bonchev–Trinajstić information content (AvgIpc) is 3.62. The summed E-state index contributed by atoms with van der Waals surface area (Å²) in [4.78, 5) is 0. The predicted octanol–water partition coefficient (Wildman–Crippen LogP) is 5.23. The van der Waals surface area contributed by atoms with Gasteiger partial charge in [0.15, 0.2) is 0 Å². The Morgan fingerprint density at radius 2 is 1.02 bits per heavy atom. The number of hydrogen-bond acceptors (Lipinski definition) is 0. The zero-order chi connectivity index (χ0) is 27.4. The molecule has 0 heterocycles. The fourth-order valence-corrected chi connectivity index (χ4v) is 3.96. The first-order chi connectivity index (χ1) is 18.2. The molecule has 6 rings (SSSR count). The summed E-state index contributed by atoms with van der Waals surface area (Å²) in [7, 11) is 0. The molecule has 1 aliphatic carbocycles. The number of rotatable bonds is 0. The Kier molecular flexibility index (Phi) is 20.5. The zero-order valence-corrected chi connectivity index (χ0v) is 29.0. The van der Waals surface area contributed by atoms with Crippen LogP contribution in [0.2, 0.25) is 0 Å². The number of fused-ring (bicyclic) bond motifs is 3. The van der Waals surface area contributed by atoms with Gasteiger partial charge in [0.2, 0.25) is 0 Å². The molecule has 5 aromatic carbocycles. The molecule has 0 amide bonds. The van der Waals surface area contributed by atoms with Gasteiger partial charge in [-0.2, -0.15) is 78.9 Å². The summed E-state index contributed by atoms with van der Waals surface area (Å²) in [6.07, 6.45) is 10.0. The normalized spacial score (nSPS) is 11.0. The minimum Gasteiger partial charge on any atom is -1.00 e. The Bertz CT molecular complexity index is 1270. The third-order valence-corrected chi connectivity index (χ3v) is 6.24. The van der Waals surface area contributed by atoms with E-state index in [4.69, 9.17) is 0 Å². The molecule has 0 saturated carbocycles. The zero-order valence-electron chi connectivity index (χ0n) is 25.0. The number of benzene rings is 4. The molecular formula is C39H44Cl2Zr-4. The van der Waals surface area contributed by atoms with E-state index in [9.17, 15) is 0 Å². The molecule has 0 atom stereocenters. The summed E-state index contributed by atoms with van der Waals surface area (Å²) in [5.74, 6) is 0. The van der Waals surface area contributed by atoms with E-state index in [1.165, 1.54) is 32.7 Å². The van der Waals surface area contributed by atoms with Crippen molar-refractivity contribution in [3.63, 3.8) is 0 Å². The Labute approximate surface area is 287 Å². The van der Waals surface area contributed by atoms with Gasteiger partial charge in [0.25, 0.3) is 0 Å². The third kappa shape index (κ3) is 13.8. The molecule has 3 heteroatoms. The van der Waals surface area contributed by atoms with Crippen molar-refractivity contribution in [2.45, 2.75) is 66.2 Å². The monoisotopic (exact) mass is 672 g/mol. The third-order valence-electron chi connectivity index (χ3n) is 6.24. The van der Waals surface area contributed by atoms with Gasteiger partial charge in [0.1, 0.15) is 0 Å². The van der Waals surface area contributed by atoms with Crippen LogP contribution in [0.1, 0.15) is 66.5 Å². The van der Waals surface area contributed by atoms with Crippen LogP contribution in [0.15, 0.2) is 121 Å². The second-order valence-corrected chi connectivity index (χ2v) is 11.4. The van der Waals surface area contributed by atoms with E-state index in [1.807, 2.05) is 72.8 Å². The minimum absolute atomic E-state index is 0. The summed E-state index contributed by atoms with van der Waals surface area (Å²) in [5.41, 5.74) is 3.20. The van der Waals surface area contributed by atoms with Crippen molar-refractivity contribution in [2.75, 3.05) is 0 Å². The Morgan fingerprint density at radius 1 is 0.619 bits per heavy atom. The van der Waals surface area contributed by atoms with Gasteiger partial charge in [-0.15, -0.1) is 46.2 Å². The van der Waals surface area contributed by atoms with Gasteiger partial charge < -0.3 is 24.8 Å². The van der Waals surface area contributed by atoms with Crippen molar-refractivity contribution in [1.82, 2.24) is 0 Å². The molecule has 5 aromatic rings. The van der Waals surface area contributed by atoms with Gasteiger partial charge >= 0.3 is 26.2 Å². The van der Waals surface area contributed by atoms with Crippen LogP contribution >= 0.6 is 0 Å². The molecule has 0 aromatic heterocycles. The van der Waals surface area contributed by atoms with E-state index in [0.29, 0.717) is 0 Å². The summed E-state index contributed by atoms with van der Waals surface area (Å²) in [5, 5.41) is 5.49. The number of halogens is 2. The average molecular weight is 675 g/mol. The second kappa shape index (κ2) is 20.6.